The van der Waals surface area contributed by atoms with Gasteiger partial charge >= 0.3 is 5.97 Å². The van der Waals surface area contributed by atoms with Crippen LogP contribution in [0.1, 0.15) is 13.8 Å². The van der Waals surface area contributed by atoms with Gasteiger partial charge in [0.05, 0.1) is 6.61 Å². The summed E-state index contributed by atoms with van der Waals surface area (Å²) in [5.74, 6) is -0.866. The van der Waals surface area contributed by atoms with Crippen LogP contribution in [0.25, 0.3) is 0 Å². The first-order valence-electron chi connectivity index (χ1n) is 6.34. The maximum Gasteiger partial charge on any atom is 0.325 e. The third kappa shape index (κ3) is 2.20. The van der Waals surface area contributed by atoms with E-state index < -0.39 is 11.4 Å². The Bertz CT molecular complexity index is 567. The lowest BCUT2D eigenvalue weighted by atomic mass is 9.85. The Morgan fingerprint density at radius 3 is 2.60 bits per heavy atom. The molecule has 1 fully saturated rings. The van der Waals surface area contributed by atoms with Gasteiger partial charge in [-0.15, -0.1) is 0 Å². The number of hydrogen-bond acceptors (Lipinski definition) is 3. The van der Waals surface area contributed by atoms with Crippen molar-refractivity contribution in [2.75, 3.05) is 18.1 Å². The van der Waals surface area contributed by atoms with Gasteiger partial charge in [0.15, 0.2) is 5.41 Å². The second kappa shape index (κ2) is 5.29. The monoisotopic (exact) mass is 293 g/mol. The van der Waals surface area contributed by atoms with Crippen LogP contribution in [0.2, 0.25) is 5.02 Å². The zero-order valence-corrected chi connectivity index (χ0v) is 12.2. The molecular formula is C15H16ClNO3. The van der Waals surface area contributed by atoms with Crippen LogP contribution in [0.15, 0.2) is 36.4 Å². The number of hydrogen-bond donors (Lipinski definition) is 0. The topological polar surface area (TPSA) is 46.6 Å². The van der Waals surface area contributed by atoms with Crippen molar-refractivity contribution in [3.8, 4) is 0 Å². The molecule has 1 saturated heterocycles. The summed E-state index contributed by atoms with van der Waals surface area (Å²) < 4.78 is 5.00. The number of esters is 1. The number of rotatable bonds is 3. The molecule has 5 heteroatoms. The van der Waals surface area contributed by atoms with E-state index in [0.29, 0.717) is 22.8 Å². The first-order chi connectivity index (χ1) is 9.41. The lowest BCUT2D eigenvalue weighted by Gasteiger charge is -2.21. The van der Waals surface area contributed by atoms with Gasteiger partial charge in [-0.25, -0.2) is 0 Å². The van der Waals surface area contributed by atoms with Crippen LogP contribution in [0.3, 0.4) is 0 Å². The maximum absolute atomic E-state index is 12.6. The Kier molecular flexibility index (Phi) is 3.86. The van der Waals surface area contributed by atoms with Gasteiger partial charge in [0.1, 0.15) is 0 Å². The maximum atomic E-state index is 12.6. The predicted molar refractivity (Wildman–Crippen MR) is 77.7 cm³/mol. The molecule has 1 aromatic rings. The van der Waals surface area contributed by atoms with Crippen LogP contribution in [0, 0.1) is 5.41 Å². The van der Waals surface area contributed by atoms with Gasteiger partial charge in [-0.1, -0.05) is 18.2 Å². The smallest absolute Gasteiger partial charge is 0.325 e. The summed E-state index contributed by atoms with van der Waals surface area (Å²) in [4.78, 5) is 26.2. The van der Waals surface area contributed by atoms with Crippen molar-refractivity contribution < 1.29 is 14.3 Å². The number of carbonyl (C=O) groups excluding carboxylic acids is 2. The van der Waals surface area contributed by atoms with Crippen molar-refractivity contribution in [1.82, 2.24) is 0 Å². The molecule has 0 spiro atoms. The van der Waals surface area contributed by atoms with E-state index in [1.54, 1.807) is 38.1 Å². The Morgan fingerprint density at radius 2 is 2.05 bits per heavy atom. The van der Waals surface area contributed by atoms with Gasteiger partial charge in [-0.05, 0) is 43.7 Å². The number of nitrogens with zero attached hydrogens (tertiary/aromatic N) is 1. The molecule has 0 N–H and O–H groups in total. The fourth-order valence-corrected chi connectivity index (χ4v) is 2.30. The van der Waals surface area contributed by atoms with Crippen LogP contribution < -0.4 is 4.90 Å². The van der Waals surface area contributed by atoms with Crippen molar-refractivity contribution >= 4 is 29.2 Å². The molecule has 0 radical (unpaired) electrons. The fourth-order valence-electron chi connectivity index (χ4n) is 2.18. The highest BCUT2D eigenvalue weighted by molar-refractivity contribution is 6.30. The van der Waals surface area contributed by atoms with Gasteiger partial charge < -0.3 is 9.64 Å². The van der Waals surface area contributed by atoms with Crippen molar-refractivity contribution in [3.05, 3.63) is 41.4 Å². The summed E-state index contributed by atoms with van der Waals surface area (Å²) in [6.07, 6.45) is 0. The number of carbonyl (C=O) groups is 2. The highest BCUT2D eigenvalue weighted by atomic mass is 35.5. The first-order valence-corrected chi connectivity index (χ1v) is 6.72. The lowest BCUT2D eigenvalue weighted by molar-refractivity contribution is -0.155. The van der Waals surface area contributed by atoms with E-state index in [0.717, 1.165) is 0 Å². The van der Waals surface area contributed by atoms with E-state index in [4.69, 9.17) is 16.3 Å². The summed E-state index contributed by atoms with van der Waals surface area (Å²) in [5, 5.41) is 0.590. The molecule has 1 atom stereocenters. The van der Waals surface area contributed by atoms with Crippen molar-refractivity contribution in [2.45, 2.75) is 13.8 Å². The zero-order valence-electron chi connectivity index (χ0n) is 11.5. The number of halogens is 1. The highest BCUT2D eigenvalue weighted by Crippen LogP contribution is 2.39. The molecule has 0 aliphatic carbocycles. The third-order valence-corrected chi connectivity index (χ3v) is 3.80. The fraction of sp³-hybridized carbons (Fsp3) is 0.333. The third-order valence-electron chi connectivity index (χ3n) is 3.55. The molecule has 20 heavy (non-hydrogen) atoms. The van der Waals surface area contributed by atoms with Crippen LogP contribution in [0.4, 0.5) is 5.69 Å². The molecule has 0 bridgehead atoms. The summed E-state index contributed by atoms with van der Waals surface area (Å²) in [7, 11) is 0. The van der Waals surface area contributed by atoms with E-state index in [1.165, 1.54) is 4.90 Å². The van der Waals surface area contributed by atoms with E-state index in [1.807, 2.05) is 0 Å². The molecule has 1 aromatic carbocycles. The van der Waals surface area contributed by atoms with Crippen molar-refractivity contribution in [1.29, 1.82) is 0 Å². The van der Waals surface area contributed by atoms with Crippen LogP contribution in [-0.4, -0.2) is 25.0 Å². The van der Waals surface area contributed by atoms with E-state index in [2.05, 4.69) is 6.58 Å². The van der Waals surface area contributed by atoms with Gasteiger partial charge in [0.25, 0.3) is 0 Å². The molecule has 2 rings (SSSR count). The predicted octanol–water partition coefficient (Wildman–Crippen LogP) is 2.81. The van der Waals surface area contributed by atoms with Gasteiger partial charge in [-0.2, -0.15) is 0 Å². The second-order valence-electron chi connectivity index (χ2n) is 4.82. The van der Waals surface area contributed by atoms with Crippen molar-refractivity contribution in [3.63, 3.8) is 0 Å². The minimum atomic E-state index is -1.31. The zero-order chi connectivity index (χ0) is 14.9. The minimum Gasteiger partial charge on any atom is -0.465 e. The van der Waals surface area contributed by atoms with Crippen molar-refractivity contribution in [2.24, 2.45) is 5.41 Å². The molecule has 0 aromatic heterocycles. The quantitative estimate of drug-likeness (QED) is 0.489. The first kappa shape index (κ1) is 14.6. The standard InChI is InChI=1S/C15H16ClNO3/c1-4-20-14(19)15(3)10(2)9-17(13(15)18)12-7-5-11(16)6-8-12/h5-8H,2,4,9H2,1,3H3. The highest BCUT2D eigenvalue weighted by Gasteiger charge is 2.53. The van der Waals surface area contributed by atoms with E-state index in [9.17, 15) is 9.59 Å². The molecule has 106 valence electrons. The average Bonchev–Trinajstić information content (AvgIpc) is 2.65. The molecule has 1 aliphatic heterocycles. The van der Waals surface area contributed by atoms with Gasteiger partial charge in [-0.3, -0.25) is 9.59 Å². The summed E-state index contributed by atoms with van der Waals surface area (Å²) in [5.41, 5.74) is -0.0835. The Balaban J connectivity index is 2.33. The number of anilines is 1. The normalized spacial score (nSPS) is 22.2. The minimum absolute atomic E-state index is 0.232. The molecule has 1 unspecified atom stereocenters. The average molecular weight is 294 g/mol. The van der Waals surface area contributed by atoms with Crippen LogP contribution >= 0.6 is 11.6 Å². The van der Waals surface area contributed by atoms with E-state index >= 15 is 0 Å². The number of amides is 1. The van der Waals surface area contributed by atoms with Crippen LogP contribution in [0.5, 0.6) is 0 Å². The second-order valence-corrected chi connectivity index (χ2v) is 5.25. The van der Waals surface area contributed by atoms with Crippen LogP contribution in [-0.2, 0) is 14.3 Å². The molecule has 1 amide bonds. The lowest BCUT2D eigenvalue weighted by Crippen LogP contribution is -2.40. The van der Waals surface area contributed by atoms with Gasteiger partial charge in [0.2, 0.25) is 5.91 Å². The molecule has 1 heterocycles. The molecular weight excluding hydrogens is 278 g/mol. The Labute approximate surface area is 123 Å². The summed E-state index contributed by atoms with van der Waals surface area (Å²) in [6, 6.07) is 6.88. The van der Waals surface area contributed by atoms with E-state index in [-0.39, 0.29) is 12.5 Å². The molecule has 0 saturated carbocycles. The molecule has 1 aliphatic rings. The largest absolute Gasteiger partial charge is 0.465 e. The number of benzene rings is 1. The Hall–Kier alpha value is -1.81. The summed E-state index contributed by atoms with van der Waals surface area (Å²) >= 11 is 5.84. The SMILES string of the molecule is C=C1CN(c2ccc(Cl)cc2)C(=O)C1(C)C(=O)OCC. The number of ether oxygens (including phenoxy) is 1. The molecule has 4 nitrogen and oxygen atoms in total. The van der Waals surface area contributed by atoms with Gasteiger partial charge in [0, 0.05) is 17.3 Å². The summed E-state index contributed by atoms with van der Waals surface area (Å²) in [6.45, 7) is 7.67. The Morgan fingerprint density at radius 1 is 1.45 bits per heavy atom.